The Morgan fingerprint density at radius 3 is 1.27 bits per heavy atom. The molecule has 0 aliphatic heterocycles. The van der Waals surface area contributed by atoms with Crippen LogP contribution in [-0.2, 0) is 9.59 Å². The van der Waals surface area contributed by atoms with E-state index in [2.05, 4.69) is 37.4 Å². The van der Waals surface area contributed by atoms with Crippen LogP contribution in [-0.4, -0.2) is 33.2 Å². The normalized spacial score (nSPS) is 10.7. The van der Waals surface area contributed by atoms with Crippen LogP contribution in [0.2, 0.25) is 0 Å². The molecule has 0 atom stereocenters. The fourth-order valence-corrected chi connectivity index (χ4v) is 6.69. The summed E-state index contributed by atoms with van der Waals surface area (Å²) in [5.74, 6) is 4.58. The van der Waals surface area contributed by atoms with Gasteiger partial charge in [-0.15, -0.1) is 23.5 Å². The number of hydrogen-bond acceptors (Lipinski definition) is 7. The molecule has 2 nitrogen and oxygen atoms in total. The second-order valence-electron chi connectivity index (χ2n) is 7.30. The molecule has 0 aliphatic carbocycles. The minimum Gasteiger partial charge on any atom is -0.282 e. The van der Waals surface area contributed by atoms with Crippen molar-refractivity contribution in [2.75, 3.05) is 23.0 Å². The van der Waals surface area contributed by atoms with E-state index in [0.29, 0.717) is 11.1 Å². The van der Waals surface area contributed by atoms with Gasteiger partial charge in [0.2, 0.25) is 10.2 Å². The Kier molecular flexibility index (Phi) is 13.5. The quantitative estimate of drug-likeness (QED) is 0.137. The number of rotatable bonds is 14. The average Bonchev–Trinajstić information content (AvgIpc) is 2.79. The van der Waals surface area contributed by atoms with E-state index in [-0.39, 0.29) is 10.2 Å². The molecule has 0 bridgehead atoms. The first kappa shape index (κ1) is 28.2. The molecule has 0 fully saturated rings. The van der Waals surface area contributed by atoms with E-state index >= 15 is 0 Å². The lowest BCUT2D eigenvalue weighted by atomic mass is 10.4. The number of carbonyl (C=O) groups is 2. The topological polar surface area (TPSA) is 34.1 Å². The highest BCUT2D eigenvalue weighted by Gasteiger charge is 2.06. The van der Waals surface area contributed by atoms with E-state index in [9.17, 15) is 9.59 Å². The third-order valence-electron chi connectivity index (χ3n) is 4.17. The van der Waals surface area contributed by atoms with Gasteiger partial charge in [0.15, 0.2) is 0 Å². The van der Waals surface area contributed by atoms with Gasteiger partial charge in [-0.3, -0.25) is 9.59 Å². The third-order valence-corrected chi connectivity index (χ3v) is 9.60. The van der Waals surface area contributed by atoms with Crippen molar-refractivity contribution < 1.29 is 9.59 Å². The van der Waals surface area contributed by atoms with Crippen LogP contribution in [0.15, 0.2) is 92.4 Å². The number of hydrogen-bond donors (Lipinski definition) is 0. The molecule has 176 valence electrons. The summed E-state index contributed by atoms with van der Waals surface area (Å²) in [6, 6.07) is 16.4. The molecular formula is C26H30O2S5. The summed E-state index contributed by atoms with van der Waals surface area (Å²) in [5.41, 5.74) is 1.16. The minimum atomic E-state index is 0.0230. The molecule has 0 N–H and O–H groups in total. The fraction of sp³-hybridized carbons (Fsp3) is 0.308. The minimum absolute atomic E-state index is 0.0230. The Labute approximate surface area is 219 Å². The third kappa shape index (κ3) is 11.8. The van der Waals surface area contributed by atoms with Gasteiger partial charge in [-0.1, -0.05) is 13.2 Å². The van der Waals surface area contributed by atoms with Crippen molar-refractivity contribution in [1.29, 1.82) is 0 Å². The molecule has 0 saturated carbocycles. The summed E-state index contributed by atoms with van der Waals surface area (Å²) in [6.45, 7) is 10.9. The van der Waals surface area contributed by atoms with E-state index in [1.54, 1.807) is 13.8 Å². The van der Waals surface area contributed by atoms with Crippen molar-refractivity contribution in [3.05, 3.63) is 72.8 Å². The highest BCUT2D eigenvalue weighted by Crippen LogP contribution is 2.27. The Morgan fingerprint density at radius 2 is 0.939 bits per heavy atom. The zero-order valence-corrected chi connectivity index (χ0v) is 23.2. The predicted molar refractivity (Wildman–Crippen MR) is 152 cm³/mol. The number of thioether (sulfide) groups is 5. The van der Waals surface area contributed by atoms with Crippen LogP contribution in [0.1, 0.15) is 26.7 Å². The molecule has 0 unspecified atom stereocenters. The fourth-order valence-electron chi connectivity index (χ4n) is 2.40. The highest BCUT2D eigenvalue weighted by molar-refractivity contribution is 8.14. The molecule has 0 heterocycles. The Hall–Kier alpha value is -0.990. The van der Waals surface area contributed by atoms with E-state index in [1.165, 1.54) is 57.7 Å². The SMILES string of the molecule is C=C(C)C(=O)Sc1ccc(SCCCSCCCSc2ccc(SC(=O)C(=C)C)cc2)cc1. The maximum Gasteiger partial charge on any atom is 0.219 e. The zero-order chi connectivity index (χ0) is 24.1. The molecule has 0 saturated heterocycles. The molecule has 7 heteroatoms. The summed E-state index contributed by atoms with van der Waals surface area (Å²) in [4.78, 5) is 27.8. The highest BCUT2D eigenvalue weighted by atomic mass is 32.2. The van der Waals surface area contributed by atoms with Crippen LogP contribution in [0.4, 0.5) is 0 Å². The van der Waals surface area contributed by atoms with E-state index in [4.69, 9.17) is 0 Å². The van der Waals surface area contributed by atoms with Gasteiger partial charge in [0, 0.05) is 19.6 Å². The molecule has 0 radical (unpaired) electrons. The lowest BCUT2D eigenvalue weighted by Gasteiger charge is -2.05. The van der Waals surface area contributed by atoms with E-state index in [0.717, 1.165) is 21.3 Å². The van der Waals surface area contributed by atoms with Crippen LogP contribution in [0, 0.1) is 0 Å². The molecule has 0 amide bonds. The first-order valence-corrected chi connectivity index (χ1v) is 15.4. The molecule has 0 spiro atoms. The first-order valence-electron chi connectivity index (χ1n) is 10.6. The van der Waals surface area contributed by atoms with Gasteiger partial charge < -0.3 is 0 Å². The maximum atomic E-state index is 11.7. The summed E-state index contributed by atoms with van der Waals surface area (Å²) >= 11 is 8.23. The van der Waals surface area contributed by atoms with E-state index < -0.39 is 0 Å². The average molecular weight is 535 g/mol. The molecule has 0 aliphatic rings. The lowest BCUT2D eigenvalue weighted by Crippen LogP contribution is -1.91. The van der Waals surface area contributed by atoms with Gasteiger partial charge in [-0.2, -0.15) is 11.8 Å². The maximum absolute atomic E-state index is 11.7. The van der Waals surface area contributed by atoms with Crippen LogP contribution in [0.25, 0.3) is 0 Å². The summed E-state index contributed by atoms with van der Waals surface area (Å²) in [7, 11) is 0. The molecule has 2 rings (SSSR count). The molecule has 2 aromatic rings. The molecule has 33 heavy (non-hydrogen) atoms. The zero-order valence-electron chi connectivity index (χ0n) is 19.1. The monoisotopic (exact) mass is 534 g/mol. The number of benzene rings is 2. The van der Waals surface area contributed by atoms with Crippen molar-refractivity contribution in [1.82, 2.24) is 0 Å². The Morgan fingerprint density at radius 1 is 0.606 bits per heavy atom. The van der Waals surface area contributed by atoms with Gasteiger partial charge in [0.1, 0.15) is 0 Å². The van der Waals surface area contributed by atoms with Crippen molar-refractivity contribution in [3.8, 4) is 0 Å². The first-order chi connectivity index (χ1) is 15.8. The van der Waals surface area contributed by atoms with Crippen molar-refractivity contribution in [3.63, 3.8) is 0 Å². The standard InChI is InChI=1S/C26H30O2S5/c1-19(2)25(27)32-23-11-7-21(8-12-23)30-17-5-15-29-16-6-18-31-22-9-13-24(14-10-22)33-26(28)20(3)4/h7-14H,1,3,5-6,15-18H2,2,4H3. The largest absolute Gasteiger partial charge is 0.282 e. The van der Waals surface area contributed by atoms with Gasteiger partial charge in [-0.25, -0.2) is 0 Å². The van der Waals surface area contributed by atoms with E-state index in [1.807, 2.05) is 59.6 Å². The second kappa shape index (κ2) is 15.8. The second-order valence-corrected chi connectivity index (χ2v) is 13.0. The predicted octanol–water partition coefficient (Wildman–Crippen LogP) is 8.47. The van der Waals surface area contributed by atoms with Crippen molar-refractivity contribution in [2.45, 2.75) is 46.3 Å². The molecule has 2 aromatic carbocycles. The van der Waals surface area contributed by atoms with Crippen LogP contribution < -0.4 is 0 Å². The van der Waals surface area contributed by atoms with Crippen LogP contribution in [0.3, 0.4) is 0 Å². The lowest BCUT2D eigenvalue weighted by molar-refractivity contribution is -0.108. The summed E-state index contributed by atoms with van der Waals surface area (Å²) < 4.78 is 0. The Balaban J connectivity index is 1.51. The van der Waals surface area contributed by atoms with Crippen molar-refractivity contribution in [2.24, 2.45) is 0 Å². The molecule has 0 aromatic heterocycles. The van der Waals surface area contributed by atoms with Crippen LogP contribution in [0.5, 0.6) is 0 Å². The van der Waals surface area contributed by atoms with Gasteiger partial charge in [0.25, 0.3) is 0 Å². The van der Waals surface area contributed by atoms with Gasteiger partial charge in [0.05, 0.1) is 0 Å². The summed E-state index contributed by atoms with van der Waals surface area (Å²) in [6.07, 6.45) is 2.38. The smallest absolute Gasteiger partial charge is 0.219 e. The Bertz CT molecular complexity index is 859. The van der Waals surface area contributed by atoms with Crippen molar-refractivity contribution >= 4 is 69.0 Å². The number of carbonyl (C=O) groups excluding carboxylic acids is 2. The summed E-state index contributed by atoms with van der Waals surface area (Å²) in [5, 5.41) is 0.0460. The van der Waals surface area contributed by atoms with Gasteiger partial charge in [-0.05, 0) is 133 Å². The van der Waals surface area contributed by atoms with Crippen LogP contribution >= 0.6 is 58.8 Å². The molecular weight excluding hydrogens is 505 g/mol. The van der Waals surface area contributed by atoms with Gasteiger partial charge >= 0.3 is 0 Å².